The van der Waals surface area contributed by atoms with Crippen LogP contribution in [0.1, 0.15) is 213 Å². The predicted molar refractivity (Wildman–Crippen MR) is 247 cm³/mol. The molecule has 8 unspecified atom stereocenters. The van der Waals surface area contributed by atoms with Gasteiger partial charge in [0.1, 0.15) is 36.6 Å². The molecule has 1 rings (SSSR count). The number of phosphoric ester groups is 1. The van der Waals surface area contributed by atoms with Crippen molar-refractivity contribution >= 4 is 13.7 Å². The minimum Gasteiger partial charge on any atom is -0.393 e. The van der Waals surface area contributed by atoms with Crippen LogP contribution in [0.15, 0.2) is 24.3 Å². The number of carbonyl (C=O) groups excluding carboxylic acids is 1. The maximum Gasteiger partial charge on any atom is 0.472 e. The Balaban J connectivity index is 2.53. The first-order valence-electron chi connectivity index (χ1n) is 24.9. The third kappa shape index (κ3) is 29.3. The van der Waals surface area contributed by atoms with Crippen LogP contribution in [0, 0.1) is 0 Å². The molecule has 0 radical (unpaired) electrons. The molecule has 1 aliphatic carbocycles. The van der Waals surface area contributed by atoms with Gasteiger partial charge in [-0.15, -0.1) is 0 Å². The maximum absolute atomic E-state index is 13.0. The Bertz CT molecular complexity index is 1160. The van der Waals surface area contributed by atoms with Gasteiger partial charge in [-0.3, -0.25) is 13.8 Å². The molecule has 13 nitrogen and oxygen atoms in total. The van der Waals surface area contributed by atoms with Gasteiger partial charge in [-0.25, -0.2) is 4.57 Å². The highest BCUT2D eigenvalue weighted by Crippen LogP contribution is 2.47. The highest BCUT2D eigenvalue weighted by atomic mass is 31.2. The van der Waals surface area contributed by atoms with Crippen molar-refractivity contribution in [3.8, 4) is 0 Å². The molecular formula is C48H92NO12P. The van der Waals surface area contributed by atoms with E-state index in [-0.39, 0.29) is 6.42 Å². The van der Waals surface area contributed by atoms with Gasteiger partial charge in [0.15, 0.2) is 0 Å². The van der Waals surface area contributed by atoms with Gasteiger partial charge in [-0.05, 0) is 44.9 Å². The monoisotopic (exact) mass is 906 g/mol. The van der Waals surface area contributed by atoms with Crippen molar-refractivity contribution in [1.82, 2.24) is 5.32 Å². The molecule has 62 heavy (non-hydrogen) atoms. The number of amides is 1. The lowest BCUT2D eigenvalue weighted by atomic mass is 9.85. The molecule has 1 aliphatic rings. The fourth-order valence-electron chi connectivity index (χ4n) is 7.94. The Morgan fingerprint density at radius 1 is 0.565 bits per heavy atom. The van der Waals surface area contributed by atoms with Crippen LogP contribution in [0.25, 0.3) is 0 Å². The van der Waals surface area contributed by atoms with Gasteiger partial charge >= 0.3 is 7.82 Å². The number of unbranched alkanes of at least 4 members (excludes halogenated alkanes) is 26. The number of phosphoric acid groups is 1. The largest absolute Gasteiger partial charge is 0.472 e. The number of hydrogen-bond donors (Lipinski definition) is 9. The number of aliphatic hydroxyl groups is 7. The molecule has 0 aliphatic heterocycles. The van der Waals surface area contributed by atoms with Crippen LogP contribution in [-0.2, 0) is 18.4 Å². The zero-order valence-electron chi connectivity index (χ0n) is 38.8. The summed E-state index contributed by atoms with van der Waals surface area (Å²) in [6.45, 7) is 3.74. The lowest BCUT2D eigenvalue weighted by Crippen LogP contribution is -2.64. The third-order valence-electron chi connectivity index (χ3n) is 12.0. The van der Waals surface area contributed by atoms with E-state index in [9.17, 15) is 50.0 Å². The molecule has 8 atom stereocenters. The van der Waals surface area contributed by atoms with Crippen molar-refractivity contribution in [3.63, 3.8) is 0 Å². The van der Waals surface area contributed by atoms with E-state index in [1.807, 2.05) is 0 Å². The molecule has 0 bridgehead atoms. The summed E-state index contributed by atoms with van der Waals surface area (Å²) in [5.41, 5.74) is 0. The van der Waals surface area contributed by atoms with E-state index in [0.29, 0.717) is 12.8 Å². The Morgan fingerprint density at radius 3 is 1.37 bits per heavy atom. The van der Waals surface area contributed by atoms with Crippen LogP contribution in [-0.4, -0.2) is 108 Å². The van der Waals surface area contributed by atoms with Crippen molar-refractivity contribution in [3.05, 3.63) is 24.3 Å². The molecule has 366 valence electrons. The molecule has 0 spiro atoms. The first kappa shape index (κ1) is 58.8. The summed E-state index contributed by atoms with van der Waals surface area (Å²) in [5.74, 6) is -0.600. The third-order valence-corrected chi connectivity index (χ3v) is 13.0. The van der Waals surface area contributed by atoms with Crippen LogP contribution in [0.2, 0.25) is 0 Å². The van der Waals surface area contributed by atoms with E-state index in [1.54, 1.807) is 6.08 Å². The standard InChI is InChI=1S/C48H92NO12P/c1-3-5-7-9-11-13-15-17-19-20-21-22-24-26-28-30-32-34-36-41(51)40(38-60-62(58,59)61-48-46(56)44(54)43(53)45(55)47(48)57)49-42(52)37-39(50)35-33-31-29-27-25-23-18-16-14-12-10-8-6-4-2/h23,25,34,36,39-41,43-48,50-51,53-57H,3-22,24,26-33,35,37-38H2,1-2H3,(H,49,52)(H,58,59)/b25-23-,36-34+. The van der Waals surface area contributed by atoms with Crippen molar-refractivity contribution in [2.45, 2.75) is 268 Å². The Morgan fingerprint density at radius 2 is 0.935 bits per heavy atom. The van der Waals surface area contributed by atoms with E-state index in [4.69, 9.17) is 9.05 Å². The number of nitrogens with one attached hydrogen (secondary N) is 1. The molecule has 0 heterocycles. The van der Waals surface area contributed by atoms with Crippen LogP contribution in [0.5, 0.6) is 0 Å². The number of carbonyl (C=O) groups is 1. The van der Waals surface area contributed by atoms with Gasteiger partial charge in [-0.2, -0.15) is 0 Å². The first-order chi connectivity index (χ1) is 29.8. The summed E-state index contributed by atoms with van der Waals surface area (Å²) in [7, 11) is -5.14. The normalized spacial score (nSPS) is 23.2. The quantitative estimate of drug-likeness (QED) is 0.0159. The fraction of sp³-hybridized carbons (Fsp3) is 0.896. The molecule has 9 N–H and O–H groups in total. The SMILES string of the molecule is CCCCCCCCC/C=C\CCCCCC(O)CC(=O)NC(COP(=O)(O)OC1C(O)C(O)C(O)C(O)C1O)C(O)/C=C/CCCCCCCCCCCCCCCCCC. The molecular weight excluding hydrogens is 813 g/mol. The summed E-state index contributed by atoms with van der Waals surface area (Å²) in [6, 6.07) is -1.24. The molecule has 1 saturated carbocycles. The minimum atomic E-state index is -5.14. The van der Waals surface area contributed by atoms with Gasteiger partial charge in [0.25, 0.3) is 0 Å². The van der Waals surface area contributed by atoms with Gasteiger partial charge in [0, 0.05) is 0 Å². The zero-order chi connectivity index (χ0) is 45.9. The predicted octanol–water partition coefficient (Wildman–Crippen LogP) is 8.76. The molecule has 1 fully saturated rings. The fourth-order valence-corrected chi connectivity index (χ4v) is 8.91. The van der Waals surface area contributed by atoms with Gasteiger partial charge in [0.2, 0.25) is 5.91 Å². The summed E-state index contributed by atoms with van der Waals surface area (Å²) in [5, 5.41) is 74.5. The molecule has 1 amide bonds. The molecule has 0 aromatic rings. The lowest BCUT2D eigenvalue weighted by molar-refractivity contribution is -0.220. The number of rotatable bonds is 41. The number of aliphatic hydroxyl groups excluding tert-OH is 7. The summed E-state index contributed by atoms with van der Waals surface area (Å²) in [6.07, 6.45) is 28.3. The molecule has 14 heteroatoms. The van der Waals surface area contributed by atoms with E-state index in [0.717, 1.165) is 51.4 Å². The highest BCUT2D eigenvalue weighted by molar-refractivity contribution is 7.47. The molecule has 0 saturated heterocycles. The lowest BCUT2D eigenvalue weighted by Gasteiger charge is -2.41. The van der Waals surface area contributed by atoms with Crippen LogP contribution in [0.3, 0.4) is 0 Å². The summed E-state index contributed by atoms with van der Waals surface area (Å²) >= 11 is 0. The van der Waals surface area contributed by atoms with E-state index in [2.05, 4.69) is 31.3 Å². The van der Waals surface area contributed by atoms with Gasteiger partial charge in [0.05, 0.1) is 31.3 Å². The van der Waals surface area contributed by atoms with Crippen molar-refractivity contribution < 1.29 is 59.0 Å². The average molecular weight is 906 g/mol. The minimum absolute atomic E-state index is 0.254. The van der Waals surface area contributed by atoms with E-state index >= 15 is 0 Å². The second-order valence-corrected chi connectivity index (χ2v) is 19.3. The van der Waals surface area contributed by atoms with Crippen LogP contribution >= 0.6 is 7.82 Å². The second-order valence-electron chi connectivity index (χ2n) is 17.8. The topological polar surface area (TPSA) is 226 Å². The molecule has 0 aromatic heterocycles. The van der Waals surface area contributed by atoms with E-state index < -0.39 is 75.2 Å². The maximum atomic E-state index is 13.0. The average Bonchev–Trinajstić information content (AvgIpc) is 3.24. The highest BCUT2D eigenvalue weighted by Gasteiger charge is 2.51. The Hall–Kier alpha value is -1.22. The number of allylic oxidation sites excluding steroid dienone is 3. The van der Waals surface area contributed by atoms with Crippen molar-refractivity contribution in [2.24, 2.45) is 0 Å². The van der Waals surface area contributed by atoms with E-state index in [1.165, 1.54) is 134 Å². The van der Waals surface area contributed by atoms with Gasteiger partial charge < -0.3 is 46.0 Å². The first-order valence-corrected chi connectivity index (χ1v) is 26.4. The Labute approximate surface area is 375 Å². The second kappa shape index (κ2) is 37.9. The van der Waals surface area contributed by atoms with Crippen LogP contribution < -0.4 is 5.32 Å². The number of hydrogen-bond acceptors (Lipinski definition) is 11. The Kier molecular flexibility index (Phi) is 36.0. The summed E-state index contributed by atoms with van der Waals surface area (Å²) in [4.78, 5) is 23.5. The van der Waals surface area contributed by atoms with Crippen molar-refractivity contribution in [2.75, 3.05) is 6.61 Å². The smallest absolute Gasteiger partial charge is 0.393 e. The zero-order valence-corrected chi connectivity index (χ0v) is 39.7. The van der Waals surface area contributed by atoms with Gasteiger partial charge in [-0.1, -0.05) is 186 Å². The molecule has 0 aromatic carbocycles. The summed E-state index contributed by atoms with van der Waals surface area (Å²) < 4.78 is 22.9. The van der Waals surface area contributed by atoms with Crippen LogP contribution in [0.4, 0.5) is 0 Å². The van der Waals surface area contributed by atoms with Crippen molar-refractivity contribution in [1.29, 1.82) is 0 Å².